The molecule has 1 unspecified atom stereocenters. The van der Waals surface area contributed by atoms with Gasteiger partial charge in [-0.3, -0.25) is 0 Å². The SMILES string of the molecule is COC(=O)C(F)(CCC(C)C)S(=O)(=O)F. The van der Waals surface area contributed by atoms with Crippen LogP contribution in [0.15, 0.2) is 0 Å². The first kappa shape index (κ1) is 14.3. The van der Waals surface area contributed by atoms with Gasteiger partial charge in [0.2, 0.25) is 0 Å². The molecule has 0 amide bonds. The van der Waals surface area contributed by atoms with E-state index in [9.17, 15) is 21.5 Å². The first-order valence-corrected chi connectivity index (χ1v) is 5.75. The molecule has 0 N–H and O–H groups in total. The van der Waals surface area contributed by atoms with E-state index in [4.69, 9.17) is 0 Å². The quantitative estimate of drug-likeness (QED) is 0.544. The smallest absolute Gasteiger partial charge is 0.362 e. The van der Waals surface area contributed by atoms with Crippen molar-refractivity contribution in [3.63, 3.8) is 0 Å². The predicted octanol–water partition coefficient (Wildman–Crippen LogP) is 1.56. The molecule has 15 heavy (non-hydrogen) atoms. The van der Waals surface area contributed by atoms with E-state index < -0.39 is 27.6 Å². The third-order valence-electron chi connectivity index (χ3n) is 1.92. The molecule has 0 bridgehead atoms. The number of carbonyl (C=O) groups excluding carboxylic acids is 1. The lowest BCUT2D eigenvalue weighted by atomic mass is 10.1. The summed E-state index contributed by atoms with van der Waals surface area (Å²) in [4.78, 5) is 10.9. The molecule has 0 spiro atoms. The summed E-state index contributed by atoms with van der Waals surface area (Å²) in [6, 6.07) is 0. The average Bonchev–Trinajstić information content (AvgIpc) is 2.10. The molecule has 0 heterocycles. The molecule has 0 rings (SSSR count). The highest BCUT2D eigenvalue weighted by atomic mass is 32.3. The van der Waals surface area contributed by atoms with Gasteiger partial charge in [0, 0.05) is 6.42 Å². The van der Waals surface area contributed by atoms with Gasteiger partial charge in [0.15, 0.2) is 0 Å². The zero-order valence-corrected chi connectivity index (χ0v) is 9.61. The van der Waals surface area contributed by atoms with Gasteiger partial charge in [-0.25, -0.2) is 9.18 Å². The van der Waals surface area contributed by atoms with Crippen LogP contribution in [0.25, 0.3) is 0 Å². The first-order valence-electron chi connectivity index (χ1n) is 4.36. The van der Waals surface area contributed by atoms with Crippen LogP contribution in [0.5, 0.6) is 0 Å². The second kappa shape index (κ2) is 4.87. The van der Waals surface area contributed by atoms with Gasteiger partial charge in [-0.1, -0.05) is 13.8 Å². The van der Waals surface area contributed by atoms with Crippen LogP contribution < -0.4 is 0 Å². The van der Waals surface area contributed by atoms with Crippen LogP contribution in [-0.2, 0) is 19.8 Å². The summed E-state index contributed by atoms with van der Waals surface area (Å²) in [5, 5.41) is -3.58. The summed E-state index contributed by atoms with van der Waals surface area (Å²) in [5.74, 6) is -1.77. The molecule has 0 saturated heterocycles. The molecule has 4 nitrogen and oxygen atoms in total. The number of halogens is 2. The maximum atomic E-state index is 13.6. The maximum absolute atomic E-state index is 13.6. The lowest BCUT2D eigenvalue weighted by Crippen LogP contribution is -2.41. The molecular formula is C8H14F2O4S. The monoisotopic (exact) mass is 244 g/mol. The molecule has 0 aromatic heterocycles. The number of ether oxygens (including phenoxy) is 1. The topological polar surface area (TPSA) is 60.4 Å². The van der Waals surface area contributed by atoms with Gasteiger partial charge < -0.3 is 4.74 Å². The van der Waals surface area contributed by atoms with E-state index in [1.807, 2.05) is 0 Å². The second-order valence-electron chi connectivity index (χ2n) is 3.59. The zero-order chi connectivity index (χ0) is 12.3. The van der Waals surface area contributed by atoms with Crippen molar-refractivity contribution in [3.05, 3.63) is 0 Å². The van der Waals surface area contributed by atoms with Gasteiger partial charge in [0.05, 0.1) is 7.11 Å². The van der Waals surface area contributed by atoms with Crippen molar-refractivity contribution in [2.45, 2.75) is 31.7 Å². The van der Waals surface area contributed by atoms with E-state index in [0.717, 1.165) is 7.11 Å². The molecule has 0 saturated carbocycles. The fraction of sp³-hybridized carbons (Fsp3) is 0.875. The summed E-state index contributed by atoms with van der Waals surface area (Å²) >= 11 is 0. The van der Waals surface area contributed by atoms with Gasteiger partial charge >= 0.3 is 21.2 Å². The summed E-state index contributed by atoms with van der Waals surface area (Å²) in [6.07, 6.45) is -0.676. The minimum Gasteiger partial charge on any atom is -0.466 e. The molecule has 0 aliphatic rings. The highest BCUT2D eigenvalue weighted by Crippen LogP contribution is 2.30. The van der Waals surface area contributed by atoms with Crippen LogP contribution in [0.3, 0.4) is 0 Å². The van der Waals surface area contributed by atoms with Crippen molar-refractivity contribution >= 4 is 16.2 Å². The Kier molecular flexibility index (Phi) is 4.64. The third-order valence-corrected chi connectivity index (χ3v) is 3.06. The van der Waals surface area contributed by atoms with Crippen LogP contribution in [0.1, 0.15) is 26.7 Å². The first-order chi connectivity index (χ1) is 6.65. The fourth-order valence-electron chi connectivity index (χ4n) is 0.950. The Bertz CT molecular complexity index is 326. The Morgan fingerprint density at radius 3 is 2.20 bits per heavy atom. The summed E-state index contributed by atoms with van der Waals surface area (Å²) in [5.41, 5.74) is 0. The fourth-order valence-corrected chi connectivity index (χ4v) is 1.59. The Morgan fingerprint density at radius 1 is 1.47 bits per heavy atom. The number of alkyl halides is 1. The van der Waals surface area contributed by atoms with E-state index >= 15 is 0 Å². The molecule has 0 aliphatic carbocycles. The highest BCUT2D eigenvalue weighted by Gasteiger charge is 2.53. The average molecular weight is 244 g/mol. The molecule has 0 radical (unpaired) electrons. The van der Waals surface area contributed by atoms with Crippen molar-refractivity contribution in [1.29, 1.82) is 0 Å². The standard InChI is InChI=1S/C8H14F2O4S/c1-6(2)4-5-8(9,7(11)14-3)15(10,12)13/h6H,4-5H2,1-3H3. The molecule has 7 heteroatoms. The molecule has 0 aromatic carbocycles. The highest BCUT2D eigenvalue weighted by molar-refractivity contribution is 7.88. The Labute approximate surface area is 87.8 Å². The van der Waals surface area contributed by atoms with Crippen molar-refractivity contribution in [1.82, 2.24) is 0 Å². The molecule has 0 fully saturated rings. The van der Waals surface area contributed by atoms with Crippen LogP contribution in [0.2, 0.25) is 0 Å². The van der Waals surface area contributed by atoms with Gasteiger partial charge in [-0.15, -0.1) is 3.89 Å². The number of carbonyl (C=O) groups is 1. The minimum atomic E-state index is -5.61. The Hall–Kier alpha value is -0.720. The Morgan fingerprint density at radius 2 is 1.93 bits per heavy atom. The van der Waals surface area contributed by atoms with Crippen LogP contribution in [0.4, 0.5) is 8.28 Å². The van der Waals surface area contributed by atoms with Gasteiger partial charge in [-0.2, -0.15) is 8.42 Å². The lowest BCUT2D eigenvalue weighted by molar-refractivity contribution is -0.149. The largest absolute Gasteiger partial charge is 0.466 e. The number of hydrogen-bond donors (Lipinski definition) is 0. The van der Waals surface area contributed by atoms with Crippen molar-refractivity contribution < 1.29 is 26.2 Å². The van der Waals surface area contributed by atoms with Crippen molar-refractivity contribution in [2.75, 3.05) is 7.11 Å². The van der Waals surface area contributed by atoms with Gasteiger partial charge in [0.1, 0.15) is 0 Å². The Balaban J connectivity index is 4.97. The van der Waals surface area contributed by atoms with E-state index in [2.05, 4.69) is 4.74 Å². The molecule has 0 aromatic rings. The zero-order valence-electron chi connectivity index (χ0n) is 8.79. The van der Waals surface area contributed by atoms with Crippen molar-refractivity contribution in [3.8, 4) is 0 Å². The number of hydrogen-bond acceptors (Lipinski definition) is 4. The van der Waals surface area contributed by atoms with Crippen LogP contribution >= 0.6 is 0 Å². The molecular weight excluding hydrogens is 230 g/mol. The number of methoxy groups -OCH3 is 1. The third kappa shape index (κ3) is 3.40. The molecule has 0 aliphatic heterocycles. The van der Waals surface area contributed by atoms with E-state index in [0.29, 0.717) is 0 Å². The van der Waals surface area contributed by atoms with Gasteiger partial charge in [0.25, 0.3) is 0 Å². The summed E-state index contributed by atoms with van der Waals surface area (Å²) < 4.78 is 51.2. The van der Waals surface area contributed by atoms with Crippen LogP contribution in [-0.4, -0.2) is 26.5 Å². The maximum Gasteiger partial charge on any atom is 0.362 e. The van der Waals surface area contributed by atoms with Gasteiger partial charge in [-0.05, 0) is 12.3 Å². The van der Waals surface area contributed by atoms with Crippen LogP contribution in [0, 0.1) is 5.92 Å². The molecule has 90 valence electrons. The van der Waals surface area contributed by atoms with E-state index in [-0.39, 0.29) is 12.3 Å². The second-order valence-corrected chi connectivity index (χ2v) is 5.11. The predicted molar refractivity (Wildman–Crippen MR) is 50.0 cm³/mol. The number of rotatable bonds is 5. The minimum absolute atomic E-state index is 0.0495. The van der Waals surface area contributed by atoms with E-state index in [1.54, 1.807) is 13.8 Å². The molecule has 1 atom stereocenters. The normalized spacial score (nSPS) is 16.1. The van der Waals surface area contributed by atoms with E-state index in [1.165, 1.54) is 0 Å². The summed E-state index contributed by atoms with van der Waals surface area (Å²) in [6.45, 7) is 3.39. The van der Waals surface area contributed by atoms with Crippen molar-refractivity contribution in [2.24, 2.45) is 5.92 Å². The lowest BCUT2D eigenvalue weighted by Gasteiger charge is -2.18. The summed E-state index contributed by atoms with van der Waals surface area (Å²) in [7, 11) is -4.81. The number of esters is 1.